The quantitative estimate of drug-likeness (QED) is 0.441. The fourth-order valence-corrected chi connectivity index (χ4v) is 3.22. The van der Waals surface area contributed by atoms with Crippen molar-refractivity contribution in [1.29, 1.82) is 0 Å². The highest BCUT2D eigenvalue weighted by molar-refractivity contribution is 7.80. The number of para-hydroxylation sites is 1. The molecule has 29 heavy (non-hydrogen) atoms. The highest BCUT2D eigenvalue weighted by atomic mass is 32.1. The summed E-state index contributed by atoms with van der Waals surface area (Å²) in [5, 5.41) is 2.69. The topological polar surface area (TPSA) is 58.6 Å². The summed E-state index contributed by atoms with van der Waals surface area (Å²) in [7, 11) is 0. The van der Waals surface area contributed by atoms with E-state index < -0.39 is 11.8 Å². The van der Waals surface area contributed by atoms with Gasteiger partial charge in [-0.2, -0.15) is 0 Å². The second kappa shape index (κ2) is 9.01. The summed E-state index contributed by atoms with van der Waals surface area (Å²) in [5.41, 5.74) is 2.45. The number of amides is 2. The second-order valence-electron chi connectivity index (χ2n) is 6.85. The van der Waals surface area contributed by atoms with Gasteiger partial charge in [0.15, 0.2) is 5.11 Å². The average molecular weight is 409 g/mol. The molecule has 2 aromatic rings. The van der Waals surface area contributed by atoms with Gasteiger partial charge in [0.25, 0.3) is 11.8 Å². The van der Waals surface area contributed by atoms with Crippen LogP contribution in [0.4, 0.5) is 5.69 Å². The molecular formula is C23H24N2O3S. The third-order valence-electron chi connectivity index (χ3n) is 4.83. The molecule has 0 saturated carbocycles. The van der Waals surface area contributed by atoms with Crippen LogP contribution < -0.4 is 15.0 Å². The Kier molecular flexibility index (Phi) is 6.44. The Morgan fingerprint density at radius 3 is 2.45 bits per heavy atom. The number of hydrogen-bond acceptors (Lipinski definition) is 4. The maximum absolute atomic E-state index is 13.2. The van der Waals surface area contributed by atoms with Gasteiger partial charge in [0.1, 0.15) is 11.3 Å². The summed E-state index contributed by atoms with van der Waals surface area (Å²) in [6, 6.07) is 14.9. The van der Waals surface area contributed by atoms with E-state index >= 15 is 0 Å². The van der Waals surface area contributed by atoms with Crippen molar-refractivity contribution in [2.24, 2.45) is 0 Å². The molecule has 0 unspecified atom stereocenters. The third kappa shape index (κ3) is 4.54. The van der Waals surface area contributed by atoms with Gasteiger partial charge in [0, 0.05) is 5.56 Å². The number of hydrogen-bond donors (Lipinski definition) is 1. The zero-order valence-corrected chi connectivity index (χ0v) is 17.6. The molecule has 1 aliphatic heterocycles. The molecule has 0 aromatic heterocycles. The minimum absolute atomic E-state index is 0.0124. The molecule has 0 spiro atoms. The Balaban J connectivity index is 1.97. The summed E-state index contributed by atoms with van der Waals surface area (Å²) in [6.07, 6.45) is 3.32. The van der Waals surface area contributed by atoms with E-state index in [1.807, 2.05) is 62.4 Å². The molecule has 3 rings (SSSR count). The van der Waals surface area contributed by atoms with Gasteiger partial charge < -0.3 is 4.74 Å². The van der Waals surface area contributed by atoms with Crippen molar-refractivity contribution < 1.29 is 14.3 Å². The van der Waals surface area contributed by atoms with Crippen LogP contribution >= 0.6 is 12.2 Å². The molecule has 2 aromatic carbocycles. The van der Waals surface area contributed by atoms with E-state index in [0.29, 0.717) is 17.0 Å². The molecule has 1 atom stereocenters. The predicted molar refractivity (Wildman–Crippen MR) is 119 cm³/mol. The van der Waals surface area contributed by atoms with Crippen LogP contribution in [0.15, 0.2) is 54.1 Å². The first-order valence-electron chi connectivity index (χ1n) is 9.70. The number of ether oxygens (including phenoxy) is 1. The highest BCUT2D eigenvalue weighted by Crippen LogP contribution is 2.26. The van der Waals surface area contributed by atoms with Crippen LogP contribution in [0.3, 0.4) is 0 Å². The van der Waals surface area contributed by atoms with E-state index in [2.05, 4.69) is 12.2 Å². The number of aryl methyl sites for hydroxylation is 1. The number of nitrogens with zero attached hydrogens (tertiary/aromatic N) is 1. The number of carbonyl (C=O) groups is 2. The van der Waals surface area contributed by atoms with Crippen molar-refractivity contribution >= 4 is 40.9 Å². The van der Waals surface area contributed by atoms with Crippen molar-refractivity contribution in [3.63, 3.8) is 0 Å². The van der Waals surface area contributed by atoms with Crippen molar-refractivity contribution in [1.82, 2.24) is 5.32 Å². The van der Waals surface area contributed by atoms with Gasteiger partial charge in [0.05, 0.1) is 11.8 Å². The second-order valence-corrected chi connectivity index (χ2v) is 7.24. The lowest BCUT2D eigenvalue weighted by atomic mass is 10.1. The molecule has 150 valence electrons. The molecule has 1 fully saturated rings. The third-order valence-corrected chi connectivity index (χ3v) is 5.11. The molecule has 1 aliphatic rings. The smallest absolute Gasteiger partial charge is 0.270 e. The van der Waals surface area contributed by atoms with Crippen molar-refractivity contribution in [2.45, 2.75) is 39.7 Å². The number of nitrogens with one attached hydrogen (secondary N) is 1. The molecule has 1 heterocycles. The number of rotatable bonds is 6. The lowest BCUT2D eigenvalue weighted by molar-refractivity contribution is -0.122. The van der Waals surface area contributed by atoms with Crippen LogP contribution in [0, 0.1) is 0 Å². The van der Waals surface area contributed by atoms with Crippen molar-refractivity contribution in [3.05, 3.63) is 65.2 Å². The molecule has 0 aliphatic carbocycles. The van der Waals surface area contributed by atoms with Gasteiger partial charge in [0.2, 0.25) is 0 Å². The van der Waals surface area contributed by atoms with Crippen LogP contribution in [0.5, 0.6) is 5.75 Å². The Morgan fingerprint density at radius 2 is 1.79 bits per heavy atom. The first kappa shape index (κ1) is 20.7. The van der Waals surface area contributed by atoms with E-state index in [1.54, 1.807) is 6.08 Å². The minimum Gasteiger partial charge on any atom is -0.490 e. The van der Waals surface area contributed by atoms with Crippen molar-refractivity contribution in [3.8, 4) is 5.75 Å². The lowest BCUT2D eigenvalue weighted by Crippen LogP contribution is -2.54. The van der Waals surface area contributed by atoms with Crippen molar-refractivity contribution in [2.75, 3.05) is 4.90 Å². The zero-order chi connectivity index (χ0) is 21.0. The van der Waals surface area contributed by atoms with E-state index in [1.165, 1.54) is 4.90 Å². The number of benzene rings is 2. The lowest BCUT2D eigenvalue weighted by Gasteiger charge is -2.29. The van der Waals surface area contributed by atoms with E-state index in [-0.39, 0.29) is 16.8 Å². The Morgan fingerprint density at radius 1 is 1.10 bits per heavy atom. The highest BCUT2D eigenvalue weighted by Gasteiger charge is 2.34. The Labute approximate surface area is 176 Å². The van der Waals surface area contributed by atoms with Gasteiger partial charge in [-0.05, 0) is 61.8 Å². The zero-order valence-electron chi connectivity index (χ0n) is 16.8. The van der Waals surface area contributed by atoms with E-state index in [0.717, 1.165) is 18.4 Å². The predicted octanol–water partition coefficient (Wildman–Crippen LogP) is 4.26. The molecule has 1 saturated heterocycles. The van der Waals surface area contributed by atoms with E-state index in [4.69, 9.17) is 17.0 Å². The van der Waals surface area contributed by atoms with Gasteiger partial charge in [-0.25, -0.2) is 0 Å². The maximum Gasteiger partial charge on any atom is 0.270 e. The standard InChI is InChI=1S/C23H24N2O3S/c1-4-15(3)28-20-9-7-6-8-17(20)14-19-21(26)24-23(29)25(22(19)27)18-12-10-16(5-2)11-13-18/h6-15H,4-5H2,1-3H3,(H,24,26,29)/b19-14+/t15-/m0/s1. The maximum atomic E-state index is 13.2. The van der Waals surface area contributed by atoms with Gasteiger partial charge in [-0.1, -0.05) is 44.2 Å². The molecule has 0 bridgehead atoms. The minimum atomic E-state index is -0.514. The first-order chi connectivity index (χ1) is 13.9. The van der Waals surface area contributed by atoms with Gasteiger partial charge in [-0.3, -0.25) is 19.8 Å². The summed E-state index contributed by atoms with van der Waals surface area (Å²) >= 11 is 5.26. The molecule has 2 amide bonds. The molecule has 1 N–H and O–H groups in total. The molecular weight excluding hydrogens is 384 g/mol. The van der Waals surface area contributed by atoms with Crippen LogP contribution in [0.2, 0.25) is 0 Å². The number of anilines is 1. The van der Waals surface area contributed by atoms with Crippen LogP contribution in [0.1, 0.15) is 38.3 Å². The molecule has 5 nitrogen and oxygen atoms in total. The van der Waals surface area contributed by atoms with Gasteiger partial charge in [-0.15, -0.1) is 0 Å². The van der Waals surface area contributed by atoms with Crippen LogP contribution in [0.25, 0.3) is 6.08 Å². The summed E-state index contributed by atoms with van der Waals surface area (Å²) < 4.78 is 5.94. The first-order valence-corrected chi connectivity index (χ1v) is 10.1. The largest absolute Gasteiger partial charge is 0.490 e. The normalized spacial score (nSPS) is 16.7. The van der Waals surface area contributed by atoms with Crippen LogP contribution in [-0.2, 0) is 16.0 Å². The molecule has 6 heteroatoms. The summed E-state index contributed by atoms with van der Waals surface area (Å²) in [4.78, 5) is 27.0. The number of thiocarbonyl (C=S) groups is 1. The van der Waals surface area contributed by atoms with Crippen LogP contribution in [-0.4, -0.2) is 23.0 Å². The number of carbonyl (C=O) groups excluding carboxylic acids is 2. The van der Waals surface area contributed by atoms with Gasteiger partial charge >= 0.3 is 0 Å². The fourth-order valence-electron chi connectivity index (χ4n) is 2.94. The fraction of sp³-hybridized carbons (Fsp3) is 0.261. The average Bonchev–Trinajstić information content (AvgIpc) is 2.72. The Bertz CT molecular complexity index is 966. The monoisotopic (exact) mass is 408 g/mol. The SMILES string of the molecule is CCc1ccc(N2C(=O)/C(=C/c3ccccc3O[C@@H](C)CC)C(=O)NC2=S)cc1. The Hall–Kier alpha value is -2.99. The van der Waals surface area contributed by atoms with E-state index in [9.17, 15) is 9.59 Å². The summed E-state index contributed by atoms with van der Waals surface area (Å²) in [5.74, 6) is -0.344. The molecule has 0 radical (unpaired) electrons. The summed E-state index contributed by atoms with van der Waals surface area (Å²) in [6.45, 7) is 6.07.